The third-order valence-corrected chi connectivity index (χ3v) is 4.44. The molecule has 0 fully saturated rings. The Hall–Kier alpha value is -1.17. The molecule has 0 radical (unpaired) electrons. The van der Waals surface area contributed by atoms with E-state index in [0.717, 1.165) is 25.0 Å². The number of hydrogen-bond acceptors (Lipinski definition) is 4. The summed E-state index contributed by atoms with van der Waals surface area (Å²) in [6, 6.07) is 2.47. The second kappa shape index (κ2) is 6.32. The Morgan fingerprint density at radius 2 is 2.26 bits per heavy atom. The molecule has 0 aliphatic carbocycles. The van der Waals surface area contributed by atoms with E-state index >= 15 is 0 Å². The van der Waals surface area contributed by atoms with Crippen molar-refractivity contribution >= 4 is 11.3 Å². The van der Waals surface area contributed by atoms with Crippen molar-refractivity contribution in [2.75, 3.05) is 0 Å². The van der Waals surface area contributed by atoms with Crippen LogP contribution in [0.15, 0.2) is 16.8 Å². The van der Waals surface area contributed by atoms with E-state index in [1.807, 2.05) is 11.7 Å². The fraction of sp³-hybridized carbons (Fsp3) is 0.500. The van der Waals surface area contributed by atoms with Gasteiger partial charge in [0.1, 0.15) is 0 Å². The minimum Gasteiger partial charge on any atom is -0.272 e. The molecule has 4 nitrogen and oxygen atoms in total. The van der Waals surface area contributed by atoms with E-state index in [2.05, 4.69) is 41.2 Å². The number of rotatable bonds is 6. The maximum atomic E-state index is 5.69. The first-order valence-corrected chi connectivity index (χ1v) is 7.52. The zero-order valence-corrected chi connectivity index (χ0v) is 12.6. The highest BCUT2D eigenvalue weighted by Crippen LogP contribution is 2.17. The molecule has 19 heavy (non-hydrogen) atoms. The van der Waals surface area contributed by atoms with Crippen molar-refractivity contribution in [2.45, 2.75) is 39.2 Å². The first-order valence-electron chi connectivity index (χ1n) is 6.58. The topological polar surface area (TPSA) is 55.9 Å². The van der Waals surface area contributed by atoms with Gasteiger partial charge >= 0.3 is 0 Å². The van der Waals surface area contributed by atoms with Crippen LogP contribution in [0, 0.1) is 13.8 Å². The molecular weight excluding hydrogens is 256 g/mol. The lowest BCUT2D eigenvalue weighted by molar-refractivity contribution is 0.490. The first kappa shape index (κ1) is 14.2. The molecule has 2 rings (SSSR count). The van der Waals surface area contributed by atoms with Crippen molar-refractivity contribution in [3.63, 3.8) is 0 Å². The van der Waals surface area contributed by atoms with Gasteiger partial charge in [0.05, 0.1) is 5.69 Å². The van der Waals surface area contributed by atoms with Crippen molar-refractivity contribution in [1.29, 1.82) is 0 Å². The van der Waals surface area contributed by atoms with Crippen LogP contribution in [0.2, 0.25) is 0 Å². The molecule has 104 valence electrons. The van der Waals surface area contributed by atoms with Crippen LogP contribution in [-0.2, 0) is 19.9 Å². The Labute approximate surface area is 118 Å². The maximum absolute atomic E-state index is 5.69. The van der Waals surface area contributed by atoms with Gasteiger partial charge in [-0.1, -0.05) is 0 Å². The maximum Gasteiger partial charge on any atom is 0.0628 e. The van der Waals surface area contributed by atoms with Crippen LogP contribution < -0.4 is 11.3 Å². The van der Waals surface area contributed by atoms with Gasteiger partial charge in [-0.15, -0.1) is 0 Å². The predicted molar refractivity (Wildman–Crippen MR) is 80.1 cm³/mol. The molecule has 1 atom stereocenters. The van der Waals surface area contributed by atoms with Crippen molar-refractivity contribution in [2.24, 2.45) is 12.9 Å². The standard InChI is InChI=1S/C14H22N4S/c1-10-14(11(2)18(3)17-10)8-13(16-15)5-4-12-6-7-19-9-12/h6-7,9,13,16H,4-5,8,15H2,1-3H3. The van der Waals surface area contributed by atoms with Gasteiger partial charge in [0.2, 0.25) is 0 Å². The van der Waals surface area contributed by atoms with Crippen LogP contribution in [0.4, 0.5) is 0 Å². The number of nitrogens with zero attached hydrogens (tertiary/aromatic N) is 2. The molecule has 0 aromatic carbocycles. The summed E-state index contributed by atoms with van der Waals surface area (Å²) in [6.45, 7) is 4.18. The van der Waals surface area contributed by atoms with E-state index in [1.165, 1.54) is 16.8 Å². The molecule has 0 amide bonds. The molecule has 2 heterocycles. The van der Waals surface area contributed by atoms with Gasteiger partial charge in [-0.25, -0.2) is 0 Å². The summed E-state index contributed by atoms with van der Waals surface area (Å²) in [7, 11) is 1.99. The van der Waals surface area contributed by atoms with Crippen molar-refractivity contribution in [3.8, 4) is 0 Å². The highest BCUT2D eigenvalue weighted by molar-refractivity contribution is 7.07. The summed E-state index contributed by atoms with van der Waals surface area (Å²) in [5.74, 6) is 5.69. The van der Waals surface area contributed by atoms with Crippen LogP contribution in [0.5, 0.6) is 0 Å². The van der Waals surface area contributed by atoms with Gasteiger partial charge in [0.25, 0.3) is 0 Å². The SMILES string of the molecule is Cc1nn(C)c(C)c1CC(CCc1ccsc1)NN. The highest BCUT2D eigenvalue weighted by Gasteiger charge is 2.15. The van der Waals surface area contributed by atoms with Crippen LogP contribution in [0.25, 0.3) is 0 Å². The third kappa shape index (κ3) is 3.43. The summed E-state index contributed by atoms with van der Waals surface area (Å²) in [5, 5.41) is 8.78. The minimum atomic E-state index is 0.293. The Balaban J connectivity index is 1.98. The number of nitrogens with two attached hydrogens (primary N) is 1. The average Bonchev–Trinajstić information content (AvgIpc) is 2.98. The van der Waals surface area contributed by atoms with Crippen LogP contribution >= 0.6 is 11.3 Å². The summed E-state index contributed by atoms with van der Waals surface area (Å²) >= 11 is 1.75. The fourth-order valence-corrected chi connectivity index (χ4v) is 3.08. The summed E-state index contributed by atoms with van der Waals surface area (Å²) in [6.07, 6.45) is 3.05. The Kier molecular flexibility index (Phi) is 4.74. The lowest BCUT2D eigenvalue weighted by Gasteiger charge is -2.15. The smallest absolute Gasteiger partial charge is 0.0628 e. The molecule has 0 aliphatic rings. The lowest BCUT2D eigenvalue weighted by Crippen LogP contribution is -2.37. The Bertz CT molecular complexity index is 516. The van der Waals surface area contributed by atoms with Gasteiger partial charge in [-0.2, -0.15) is 16.4 Å². The second-order valence-electron chi connectivity index (χ2n) is 5.01. The number of aryl methyl sites for hydroxylation is 3. The molecule has 0 spiro atoms. The average molecular weight is 278 g/mol. The van der Waals surface area contributed by atoms with Gasteiger partial charge < -0.3 is 0 Å². The molecular formula is C14H22N4S. The van der Waals surface area contributed by atoms with E-state index in [0.29, 0.717) is 6.04 Å². The molecule has 0 aliphatic heterocycles. The monoisotopic (exact) mass is 278 g/mol. The van der Waals surface area contributed by atoms with E-state index in [9.17, 15) is 0 Å². The normalized spacial score (nSPS) is 12.8. The van der Waals surface area contributed by atoms with Gasteiger partial charge in [0, 0.05) is 18.8 Å². The molecule has 2 aromatic rings. The van der Waals surface area contributed by atoms with Crippen molar-refractivity contribution in [3.05, 3.63) is 39.3 Å². The summed E-state index contributed by atoms with van der Waals surface area (Å²) in [4.78, 5) is 0. The number of hydrogen-bond donors (Lipinski definition) is 2. The van der Waals surface area contributed by atoms with E-state index in [-0.39, 0.29) is 0 Å². The van der Waals surface area contributed by atoms with Crippen molar-refractivity contribution < 1.29 is 0 Å². The molecule has 0 bridgehead atoms. The Morgan fingerprint density at radius 3 is 2.79 bits per heavy atom. The number of thiophene rings is 1. The third-order valence-electron chi connectivity index (χ3n) is 3.71. The fourth-order valence-electron chi connectivity index (χ4n) is 2.38. The molecule has 1 unspecified atom stereocenters. The van der Waals surface area contributed by atoms with Gasteiger partial charge in [-0.05, 0) is 61.1 Å². The quantitative estimate of drug-likeness (QED) is 0.628. The zero-order chi connectivity index (χ0) is 13.8. The molecule has 0 saturated heterocycles. The summed E-state index contributed by atoms with van der Waals surface area (Å²) < 4.78 is 1.94. The molecule has 2 aromatic heterocycles. The first-order chi connectivity index (χ1) is 9.11. The summed E-state index contributed by atoms with van der Waals surface area (Å²) in [5.41, 5.74) is 7.99. The second-order valence-corrected chi connectivity index (χ2v) is 5.79. The van der Waals surface area contributed by atoms with Crippen LogP contribution in [-0.4, -0.2) is 15.8 Å². The number of aromatic nitrogens is 2. The van der Waals surface area contributed by atoms with Crippen LogP contribution in [0.3, 0.4) is 0 Å². The Morgan fingerprint density at radius 1 is 1.47 bits per heavy atom. The van der Waals surface area contributed by atoms with E-state index in [1.54, 1.807) is 11.3 Å². The van der Waals surface area contributed by atoms with Gasteiger partial charge in [0.15, 0.2) is 0 Å². The number of nitrogens with one attached hydrogen (secondary N) is 1. The lowest BCUT2D eigenvalue weighted by atomic mass is 9.99. The molecule has 5 heteroatoms. The van der Waals surface area contributed by atoms with Gasteiger partial charge in [-0.3, -0.25) is 16.0 Å². The minimum absolute atomic E-state index is 0.293. The predicted octanol–water partition coefficient (Wildman–Crippen LogP) is 2.11. The van der Waals surface area contributed by atoms with E-state index < -0.39 is 0 Å². The molecule has 0 saturated carbocycles. The number of hydrazine groups is 1. The van der Waals surface area contributed by atoms with E-state index in [4.69, 9.17) is 5.84 Å². The molecule has 3 N–H and O–H groups in total. The van der Waals surface area contributed by atoms with Crippen LogP contribution in [0.1, 0.15) is 28.9 Å². The largest absolute Gasteiger partial charge is 0.272 e. The highest BCUT2D eigenvalue weighted by atomic mass is 32.1. The zero-order valence-electron chi connectivity index (χ0n) is 11.8. The van der Waals surface area contributed by atoms with Crippen molar-refractivity contribution in [1.82, 2.24) is 15.2 Å².